The van der Waals surface area contributed by atoms with E-state index in [4.69, 9.17) is 10.9 Å². The third-order valence-electron chi connectivity index (χ3n) is 4.88. The third kappa shape index (κ3) is 2.61. The van der Waals surface area contributed by atoms with Crippen molar-refractivity contribution < 1.29 is 15.1 Å². The Morgan fingerprint density at radius 2 is 1.70 bits per heavy atom. The van der Waals surface area contributed by atoms with Crippen LogP contribution in [0.4, 0.5) is 0 Å². The molecule has 0 aromatic carbocycles. The lowest BCUT2D eigenvalue weighted by atomic mass is 9.83. The number of aliphatic hydroxyl groups is 1. The summed E-state index contributed by atoms with van der Waals surface area (Å²) in [6, 6.07) is 0. The van der Waals surface area contributed by atoms with Gasteiger partial charge >= 0.3 is 0 Å². The molecule has 0 atom stereocenters. The number of nitrogens with zero attached hydrogens (tertiary/aromatic N) is 2. The summed E-state index contributed by atoms with van der Waals surface area (Å²) in [7, 11) is 1.70. The molecule has 2 aliphatic rings. The SMILES string of the molecule is CN(CC1(O)CCCC1)C(=O)C1(C(N)=NO)CCCC1. The average molecular weight is 283 g/mol. The molecule has 6 nitrogen and oxygen atoms in total. The highest BCUT2D eigenvalue weighted by molar-refractivity contribution is 6.06. The second-order valence-electron chi connectivity index (χ2n) is 6.37. The van der Waals surface area contributed by atoms with Crippen LogP contribution in [0.2, 0.25) is 0 Å². The highest BCUT2D eigenvalue weighted by Crippen LogP contribution is 2.40. The zero-order valence-electron chi connectivity index (χ0n) is 12.1. The Balaban J connectivity index is 2.11. The van der Waals surface area contributed by atoms with Gasteiger partial charge in [0.05, 0.1) is 5.60 Å². The molecule has 0 aromatic rings. The maximum absolute atomic E-state index is 12.7. The molecule has 1 amide bonds. The maximum Gasteiger partial charge on any atom is 0.236 e. The number of hydrogen-bond donors (Lipinski definition) is 3. The summed E-state index contributed by atoms with van der Waals surface area (Å²) >= 11 is 0. The zero-order chi connectivity index (χ0) is 14.8. The zero-order valence-corrected chi connectivity index (χ0v) is 12.1. The predicted octanol–water partition coefficient (Wildman–Crippen LogP) is 1.06. The van der Waals surface area contributed by atoms with E-state index in [-0.39, 0.29) is 11.7 Å². The molecule has 2 saturated carbocycles. The largest absolute Gasteiger partial charge is 0.409 e. The van der Waals surface area contributed by atoms with Crippen LogP contribution in [0.25, 0.3) is 0 Å². The van der Waals surface area contributed by atoms with Crippen LogP contribution in [0.3, 0.4) is 0 Å². The van der Waals surface area contributed by atoms with E-state index in [1.54, 1.807) is 11.9 Å². The Bertz CT molecular complexity index is 396. The number of amidine groups is 1. The molecule has 20 heavy (non-hydrogen) atoms. The van der Waals surface area contributed by atoms with E-state index < -0.39 is 11.0 Å². The van der Waals surface area contributed by atoms with Crippen molar-refractivity contribution in [2.75, 3.05) is 13.6 Å². The number of rotatable bonds is 4. The van der Waals surface area contributed by atoms with Gasteiger partial charge in [0, 0.05) is 13.6 Å². The summed E-state index contributed by atoms with van der Waals surface area (Å²) in [6.07, 6.45) is 6.52. The molecule has 0 aromatic heterocycles. The van der Waals surface area contributed by atoms with Gasteiger partial charge in [0.25, 0.3) is 0 Å². The van der Waals surface area contributed by atoms with Crippen molar-refractivity contribution in [1.82, 2.24) is 4.90 Å². The molecule has 114 valence electrons. The molecular weight excluding hydrogens is 258 g/mol. The van der Waals surface area contributed by atoms with Gasteiger partial charge in [-0.2, -0.15) is 0 Å². The third-order valence-corrected chi connectivity index (χ3v) is 4.88. The minimum Gasteiger partial charge on any atom is -0.409 e. The van der Waals surface area contributed by atoms with Crippen molar-refractivity contribution in [3.8, 4) is 0 Å². The smallest absolute Gasteiger partial charge is 0.236 e. The van der Waals surface area contributed by atoms with Crippen LogP contribution in [-0.2, 0) is 4.79 Å². The monoisotopic (exact) mass is 283 g/mol. The van der Waals surface area contributed by atoms with Crippen molar-refractivity contribution in [3.63, 3.8) is 0 Å². The van der Waals surface area contributed by atoms with Gasteiger partial charge in [-0.1, -0.05) is 30.8 Å². The lowest BCUT2D eigenvalue weighted by Gasteiger charge is -2.35. The van der Waals surface area contributed by atoms with Crippen LogP contribution in [0, 0.1) is 5.41 Å². The van der Waals surface area contributed by atoms with E-state index >= 15 is 0 Å². The fourth-order valence-electron chi connectivity index (χ4n) is 3.72. The van der Waals surface area contributed by atoms with Gasteiger partial charge in [-0.25, -0.2) is 0 Å². The Labute approximate surface area is 119 Å². The first-order valence-electron chi connectivity index (χ1n) is 7.39. The quantitative estimate of drug-likeness (QED) is 0.311. The van der Waals surface area contributed by atoms with Crippen LogP contribution in [0.1, 0.15) is 51.4 Å². The molecule has 2 fully saturated rings. The predicted molar refractivity (Wildman–Crippen MR) is 75.4 cm³/mol. The minimum atomic E-state index is -0.877. The highest BCUT2D eigenvalue weighted by atomic mass is 16.4. The van der Waals surface area contributed by atoms with Crippen molar-refractivity contribution in [2.45, 2.75) is 57.0 Å². The lowest BCUT2D eigenvalue weighted by molar-refractivity contribution is -0.140. The number of nitrogens with two attached hydrogens (primary N) is 1. The van der Waals surface area contributed by atoms with Crippen molar-refractivity contribution in [2.24, 2.45) is 16.3 Å². The molecule has 0 bridgehead atoms. The van der Waals surface area contributed by atoms with E-state index in [0.717, 1.165) is 38.5 Å². The van der Waals surface area contributed by atoms with Crippen LogP contribution in [-0.4, -0.2) is 46.1 Å². The van der Waals surface area contributed by atoms with Gasteiger partial charge in [-0.3, -0.25) is 4.79 Å². The number of amides is 1. The molecule has 4 N–H and O–H groups in total. The molecular formula is C14H25N3O3. The second-order valence-corrected chi connectivity index (χ2v) is 6.37. The second kappa shape index (κ2) is 5.60. The van der Waals surface area contributed by atoms with Gasteiger partial charge in [0.1, 0.15) is 5.41 Å². The van der Waals surface area contributed by atoms with Crippen molar-refractivity contribution >= 4 is 11.7 Å². The summed E-state index contributed by atoms with van der Waals surface area (Å²) in [6.45, 7) is 0.326. The topological polar surface area (TPSA) is 99.2 Å². The Morgan fingerprint density at radius 1 is 1.20 bits per heavy atom. The van der Waals surface area contributed by atoms with Gasteiger partial charge in [0.15, 0.2) is 5.84 Å². The highest BCUT2D eigenvalue weighted by Gasteiger charge is 2.48. The molecule has 0 spiro atoms. The normalized spacial score (nSPS) is 24.8. The first kappa shape index (κ1) is 15.1. The van der Waals surface area contributed by atoms with E-state index in [1.807, 2.05) is 0 Å². The number of likely N-dealkylation sites (N-methyl/N-ethyl adjacent to an activating group) is 1. The number of carbonyl (C=O) groups is 1. The van der Waals surface area contributed by atoms with Gasteiger partial charge in [-0.15, -0.1) is 0 Å². The molecule has 0 unspecified atom stereocenters. The first-order chi connectivity index (χ1) is 9.43. The number of hydrogen-bond acceptors (Lipinski definition) is 4. The molecule has 0 radical (unpaired) electrons. The molecule has 2 rings (SSSR count). The van der Waals surface area contributed by atoms with Gasteiger partial charge in [0.2, 0.25) is 5.91 Å². The Morgan fingerprint density at radius 3 is 2.20 bits per heavy atom. The summed E-state index contributed by atoms with van der Waals surface area (Å²) in [5.74, 6) is -0.129. The van der Waals surface area contributed by atoms with E-state index in [9.17, 15) is 9.90 Å². The fraction of sp³-hybridized carbons (Fsp3) is 0.857. The van der Waals surface area contributed by atoms with Crippen LogP contribution < -0.4 is 5.73 Å². The van der Waals surface area contributed by atoms with E-state index in [0.29, 0.717) is 19.4 Å². The Hall–Kier alpha value is -1.30. The van der Waals surface area contributed by atoms with E-state index in [2.05, 4.69) is 5.16 Å². The molecule has 0 saturated heterocycles. The standard InChI is InChI=1S/C14H25N3O3/c1-17(10-13(19)6-2-3-7-13)12(18)14(11(15)16-20)8-4-5-9-14/h19-20H,2-10H2,1H3,(H2,15,16). The number of carbonyl (C=O) groups excluding carboxylic acids is 1. The summed E-state index contributed by atoms with van der Waals surface area (Å²) in [5, 5.41) is 22.5. The molecule has 6 heteroatoms. The first-order valence-corrected chi connectivity index (χ1v) is 7.39. The van der Waals surface area contributed by atoms with Gasteiger partial charge < -0.3 is 20.9 Å². The fourth-order valence-corrected chi connectivity index (χ4v) is 3.72. The van der Waals surface area contributed by atoms with Crippen LogP contribution in [0.15, 0.2) is 5.16 Å². The summed E-state index contributed by atoms with van der Waals surface area (Å²) in [5.41, 5.74) is 4.14. The molecule has 2 aliphatic carbocycles. The average Bonchev–Trinajstić information content (AvgIpc) is 3.06. The summed E-state index contributed by atoms with van der Waals surface area (Å²) < 4.78 is 0. The van der Waals surface area contributed by atoms with Crippen molar-refractivity contribution in [3.05, 3.63) is 0 Å². The van der Waals surface area contributed by atoms with Crippen LogP contribution in [0.5, 0.6) is 0 Å². The molecule has 0 heterocycles. The minimum absolute atomic E-state index is 0.00487. The molecule has 0 aliphatic heterocycles. The lowest BCUT2D eigenvalue weighted by Crippen LogP contribution is -2.52. The summed E-state index contributed by atoms with van der Waals surface area (Å²) in [4.78, 5) is 14.3. The van der Waals surface area contributed by atoms with E-state index in [1.165, 1.54) is 0 Å². The number of oxime groups is 1. The Kier molecular flexibility index (Phi) is 4.22. The van der Waals surface area contributed by atoms with Gasteiger partial charge in [-0.05, 0) is 25.7 Å². The maximum atomic E-state index is 12.7. The van der Waals surface area contributed by atoms with Crippen molar-refractivity contribution in [1.29, 1.82) is 0 Å². The van der Waals surface area contributed by atoms with Crippen LogP contribution >= 0.6 is 0 Å².